The maximum absolute atomic E-state index is 13.2. The van der Waals surface area contributed by atoms with E-state index in [-0.39, 0.29) is 23.1 Å². The Kier molecular flexibility index (Phi) is 5.88. The summed E-state index contributed by atoms with van der Waals surface area (Å²) in [5.41, 5.74) is 1.73. The molecular formula is C27H26N2O6. The molecule has 2 bridgehead atoms. The van der Waals surface area contributed by atoms with Gasteiger partial charge in [-0.3, -0.25) is 19.8 Å². The van der Waals surface area contributed by atoms with Gasteiger partial charge >= 0.3 is 12.0 Å². The van der Waals surface area contributed by atoms with Crippen LogP contribution in [0.25, 0.3) is 6.08 Å². The highest BCUT2D eigenvalue weighted by atomic mass is 16.6. The molecule has 2 saturated carbocycles. The number of carbonyl (C=O) groups is 4. The third kappa shape index (κ3) is 4.32. The van der Waals surface area contributed by atoms with Gasteiger partial charge in [0.1, 0.15) is 5.57 Å². The summed E-state index contributed by atoms with van der Waals surface area (Å²) in [4.78, 5) is 52.1. The summed E-state index contributed by atoms with van der Waals surface area (Å²) in [7, 11) is 1.43. The van der Waals surface area contributed by atoms with Crippen LogP contribution < -0.4 is 14.8 Å². The van der Waals surface area contributed by atoms with Gasteiger partial charge < -0.3 is 9.47 Å². The summed E-state index contributed by atoms with van der Waals surface area (Å²) < 4.78 is 10.9. The van der Waals surface area contributed by atoms with Crippen LogP contribution in [0.3, 0.4) is 0 Å². The number of aryl methyl sites for hydroxylation is 1. The summed E-state index contributed by atoms with van der Waals surface area (Å²) in [5.74, 6) is -0.524. The average Bonchev–Trinajstić information content (AvgIpc) is 3.46. The van der Waals surface area contributed by atoms with Gasteiger partial charge in [-0.1, -0.05) is 30.2 Å². The minimum Gasteiger partial charge on any atom is -0.493 e. The number of rotatable bonds is 5. The molecule has 1 saturated heterocycles. The molecule has 8 nitrogen and oxygen atoms in total. The van der Waals surface area contributed by atoms with Crippen molar-refractivity contribution in [3.05, 3.63) is 64.7 Å². The van der Waals surface area contributed by atoms with E-state index in [2.05, 4.69) is 5.32 Å². The number of esters is 1. The molecule has 2 aromatic carbocycles. The topological polar surface area (TPSA) is 102 Å². The van der Waals surface area contributed by atoms with Crippen LogP contribution >= 0.6 is 0 Å². The van der Waals surface area contributed by atoms with Gasteiger partial charge in [0.25, 0.3) is 11.8 Å². The zero-order valence-electron chi connectivity index (χ0n) is 19.6. The smallest absolute Gasteiger partial charge is 0.343 e. The zero-order chi connectivity index (χ0) is 24.7. The number of ether oxygens (including phenoxy) is 2. The number of imide groups is 2. The average molecular weight is 475 g/mol. The van der Waals surface area contributed by atoms with Crippen molar-refractivity contribution in [2.45, 2.75) is 38.6 Å². The lowest BCUT2D eigenvalue weighted by atomic mass is 9.93. The third-order valence-corrected chi connectivity index (χ3v) is 7.12. The minimum atomic E-state index is -0.728. The highest BCUT2D eigenvalue weighted by Crippen LogP contribution is 2.47. The van der Waals surface area contributed by atoms with E-state index in [1.807, 2.05) is 13.0 Å². The standard InChI is InChI=1S/C27H26N2O6/c1-15-4-3-5-19(10-15)26(32)35-22-9-7-17(14-23(22)34-2)12-20-24(30)28-27(33)29(25(20)31)21-13-16-6-8-18(21)11-16/h3-5,7,9-10,12,14,16,18,21H,6,8,11,13H2,1-2H3,(H,28,30,33)/b20-12+/t16-,18-,21+/m0/s1. The van der Waals surface area contributed by atoms with Crippen LogP contribution in [-0.4, -0.2) is 41.9 Å². The Hall–Kier alpha value is -3.94. The maximum Gasteiger partial charge on any atom is 0.343 e. The van der Waals surface area contributed by atoms with Crippen LogP contribution in [-0.2, 0) is 9.59 Å². The van der Waals surface area contributed by atoms with Crippen molar-refractivity contribution in [2.24, 2.45) is 11.8 Å². The Labute approximate surface area is 202 Å². The first-order valence-corrected chi connectivity index (χ1v) is 11.7. The van der Waals surface area contributed by atoms with Gasteiger partial charge in [-0.2, -0.15) is 0 Å². The molecule has 0 spiro atoms. The predicted molar refractivity (Wildman–Crippen MR) is 127 cm³/mol. The van der Waals surface area contributed by atoms with E-state index in [0.717, 1.165) is 31.2 Å². The molecule has 5 rings (SSSR count). The predicted octanol–water partition coefficient (Wildman–Crippen LogP) is 3.87. The summed E-state index contributed by atoms with van der Waals surface area (Å²) in [6.45, 7) is 1.88. The molecule has 35 heavy (non-hydrogen) atoms. The molecule has 3 atom stereocenters. The van der Waals surface area contributed by atoms with Crippen LogP contribution in [0, 0.1) is 18.8 Å². The molecule has 2 aliphatic carbocycles. The monoisotopic (exact) mass is 474 g/mol. The number of methoxy groups -OCH3 is 1. The number of barbiturate groups is 1. The van der Waals surface area contributed by atoms with Crippen molar-refractivity contribution in [3.63, 3.8) is 0 Å². The molecule has 1 N–H and O–H groups in total. The molecule has 4 amide bonds. The Bertz CT molecular complexity index is 1270. The van der Waals surface area contributed by atoms with Crippen molar-refractivity contribution in [2.75, 3.05) is 7.11 Å². The van der Waals surface area contributed by atoms with Crippen molar-refractivity contribution >= 4 is 29.9 Å². The number of nitrogens with zero attached hydrogens (tertiary/aromatic N) is 1. The van der Waals surface area contributed by atoms with Crippen molar-refractivity contribution in [1.82, 2.24) is 10.2 Å². The largest absolute Gasteiger partial charge is 0.493 e. The first kappa shape index (κ1) is 22.8. The van der Waals surface area contributed by atoms with Crippen LogP contribution in [0.4, 0.5) is 4.79 Å². The van der Waals surface area contributed by atoms with Crippen molar-refractivity contribution in [3.8, 4) is 11.5 Å². The molecule has 3 aliphatic rings. The number of amides is 4. The third-order valence-electron chi connectivity index (χ3n) is 7.12. The SMILES string of the molecule is COc1cc(/C=C2\C(=O)NC(=O)N([C@@H]3C[C@H]4CC[C@H]3C4)C2=O)ccc1OC(=O)c1cccc(C)c1. The van der Waals surface area contributed by atoms with E-state index in [1.165, 1.54) is 18.1 Å². The van der Waals surface area contributed by atoms with E-state index in [4.69, 9.17) is 9.47 Å². The lowest BCUT2D eigenvalue weighted by molar-refractivity contribution is -0.132. The van der Waals surface area contributed by atoms with E-state index in [9.17, 15) is 19.2 Å². The summed E-state index contributed by atoms with van der Waals surface area (Å²) in [6, 6.07) is 11.0. The van der Waals surface area contributed by atoms with E-state index in [1.54, 1.807) is 36.4 Å². The molecule has 2 aromatic rings. The Morgan fingerprint density at radius 3 is 2.57 bits per heavy atom. The highest BCUT2D eigenvalue weighted by Gasteiger charge is 2.49. The van der Waals surface area contributed by atoms with Gasteiger partial charge in [0.2, 0.25) is 0 Å². The number of urea groups is 1. The normalized spacial score (nSPS) is 24.6. The number of benzene rings is 2. The van der Waals surface area contributed by atoms with Gasteiger partial charge in [-0.05, 0) is 73.9 Å². The molecule has 0 radical (unpaired) electrons. The van der Waals surface area contributed by atoms with Gasteiger partial charge in [-0.25, -0.2) is 9.59 Å². The fourth-order valence-corrected chi connectivity index (χ4v) is 5.46. The van der Waals surface area contributed by atoms with Crippen LogP contribution in [0.2, 0.25) is 0 Å². The second kappa shape index (κ2) is 9.02. The van der Waals surface area contributed by atoms with E-state index < -0.39 is 23.8 Å². The van der Waals surface area contributed by atoms with Gasteiger partial charge in [0, 0.05) is 6.04 Å². The second-order valence-corrected chi connectivity index (χ2v) is 9.40. The summed E-state index contributed by atoms with van der Waals surface area (Å²) >= 11 is 0. The molecule has 0 unspecified atom stereocenters. The number of nitrogens with one attached hydrogen (secondary N) is 1. The molecule has 180 valence electrons. The molecule has 0 aromatic heterocycles. The number of carbonyl (C=O) groups excluding carboxylic acids is 4. The van der Waals surface area contributed by atoms with Crippen molar-refractivity contribution < 1.29 is 28.7 Å². The fourth-order valence-electron chi connectivity index (χ4n) is 5.46. The minimum absolute atomic E-state index is 0.112. The molecular weight excluding hydrogens is 448 g/mol. The number of hydrogen-bond donors (Lipinski definition) is 1. The molecule has 3 fully saturated rings. The first-order valence-electron chi connectivity index (χ1n) is 11.7. The van der Waals surface area contributed by atoms with Crippen molar-refractivity contribution in [1.29, 1.82) is 0 Å². The second-order valence-electron chi connectivity index (χ2n) is 9.40. The van der Waals surface area contributed by atoms with Crippen LogP contribution in [0.15, 0.2) is 48.0 Å². The lowest BCUT2D eigenvalue weighted by Gasteiger charge is -2.35. The fraction of sp³-hybridized carbons (Fsp3) is 0.333. The van der Waals surface area contributed by atoms with Gasteiger partial charge in [-0.15, -0.1) is 0 Å². The van der Waals surface area contributed by atoms with Gasteiger partial charge in [0.15, 0.2) is 11.5 Å². The number of hydrogen-bond acceptors (Lipinski definition) is 6. The first-order chi connectivity index (χ1) is 16.8. The summed E-state index contributed by atoms with van der Waals surface area (Å²) in [6.07, 6.45) is 5.38. The Morgan fingerprint density at radius 1 is 1.06 bits per heavy atom. The number of fused-ring (bicyclic) bond motifs is 2. The van der Waals surface area contributed by atoms with Gasteiger partial charge in [0.05, 0.1) is 12.7 Å². The van der Waals surface area contributed by atoms with Crippen LogP contribution in [0.5, 0.6) is 11.5 Å². The Morgan fingerprint density at radius 2 is 1.89 bits per heavy atom. The highest BCUT2D eigenvalue weighted by molar-refractivity contribution is 6.31. The molecule has 1 aliphatic heterocycles. The lowest BCUT2D eigenvalue weighted by Crippen LogP contribution is -2.58. The Balaban J connectivity index is 1.39. The maximum atomic E-state index is 13.2. The quantitative estimate of drug-likeness (QED) is 0.306. The molecule has 8 heteroatoms. The van der Waals surface area contributed by atoms with E-state index >= 15 is 0 Å². The van der Waals surface area contributed by atoms with E-state index in [0.29, 0.717) is 23.0 Å². The summed E-state index contributed by atoms with van der Waals surface area (Å²) in [5, 5.41) is 2.31. The zero-order valence-corrected chi connectivity index (χ0v) is 19.6. The molecule has 1 heterocycles. The van der Waals surface area contributed by atoms with Crippen LogP contribution in [0.1, 0.15) is 47.2 Å².